The maximum Gasteiger partial charge on any atom is 0.258 e. The van der Waals surface area contributed by atoms with Gasteiger partial charge in [0.1, 0.15) is 0 Å². The predicted molar refractivity (Wildman–Crippen MR) is 108 cm³/mol. The third kappa shape index (κ3) is 4.44. The summed E-state index contributed by atoms with van der Waals surface area (Å²) >= 11 is 18.8. The Kier molecular flexibility index (Phi) is 5.84. The maximum atomic E-state index is 12.4. The quantitative estimate of drug-likeness (QED) is 0.473. The first-order valence-electron chi connectivity index (χ1n) is 7.17. The van der Waals surface area contributed by atoms with Gasteiger partial charge in [0, 0.05) is 10.7 Å². The van der Waals surface area contributed by atoms with E-state index < -0.39 is 0 Å². The molecular weight excluding hydrogens is 493 g/mol. The van der Waals surface area contributed by atoms with Crippen LogP contribution in [-0.2, 0) is 6.54 Å². The summed E-state index contributed by atoms with van der Waals surface area (Å²) in [6, 6.07) is 12.6. The van der Waals surface area contributed by atoms with Crippen LogP contribution < -0.4 is 5.32 Å². The normalized spacial score (nSPS) is 10.7. The number of aromatic nitrogens is 2. The van der Waals surface area contributed by atoms with Gasteiger partial charge in [-0.25, -0.2) is 0 Å². The lowest BCUT2D eigenvalue weighted by molar-refractivity contribution is 0.102. The fourth-order valence-electron chi connectivity index (χ4n) is 2.21. The molecule has 0 aliphatic heterocycles. The summed E-state index contributed by atoms with van der Waals surface area (Å²) in [5.41, 5.74) is 1.49. The lowest BCUT2D eigenvalue weighted by Crippen LogP contribution is -2.13. The lowest BCUT2D eigenvalue weighted by atomic mass is 10.2. The van der Waals surface area contributed by atoms with Crippen LogP contribution >= 0.6 is 55.1 Å². The zero-order valence-electron chi connectivity index (χ0n) is 12.6. The zero-order chi connectivity index (χ0) is 18.0. The first-order valence-corrected chi connectivity index (χ1v) is 9.51. The summed E-state index contributed by atoms with van der Waals surface area (Å²) in [5, 5.41) is 8.20. The summed E-state index contributed by atoms with van der Waals surface area (Å²) in [4.78, 5) is 12.4. The first-order chi connectivity index (χ1) is 11.9. The van der Waals surface area contributed by atoms with E-state index in [0.717, 1.165) is 10.0 Å². The molecule has 1 heterocycles. The highest BCUT2D eigenvalue weighted by atomic mass is 79.9. The van der Waals surface area contributed by atoms with Crippen molar-refractivity contribution in [2.24, 2.45) is 0 Å². The number of anilines is 1. The number of carbonyl (C=O) groups excluding carboxylic acids is 1. The third-order valence-electron chi connectivity index (χ3n) is 3.40. The van der Waals surface area contributed by atoms with Gasteiger partial charge in [0.25, 0.3) is 5.91 Å². The highest BCUT2D eigenvalue weighted by molar-refractivity contribution is 9.11. The molecule has 2 aromatic carbocycles. The van der Waals surface area contributed by atoms with Gasteiger partial charge in [0.05, 0.1) is 26.6 Å². The van der Waals surface area contributed by atoms with Crippen LogP contribution in [0.1, 0.15) is 15.9 Å². The third-order valence-corrected chi connectivity index (χ3v) is 5.41. The Labute approximate surface area is 171 Å². The Bertz CT molecular complexity index is 943. The summed E-state index contributed by atoms with van der Waals surface area (Å²) in [7, 11) is 0. The minimum absolute atomic E-state index is 0.243. The number of nitrogens with zero attached hydrogens (tertiary/aromatic N) is 2. The molecule has 0 aliphatic rings. The van der Waals surface area contributed by atoms with E-state index in [-0.39, 0.29) is 5.91 Å². The van der Waals surface area contributed by atoms with Crippen molar-refractivity contribution in [2.75, 3.05) is 5.32 Å². The number of amides is 1. The molecule has 4 nitrogen and oxygen atoms in total. The molecule has 1 aromatic heterocycles. The molecule has 128 valence electrons. The molecule has 8 heteroatoms. The van der Waals surface area contributed by atoms with Crippen LogP contribution in [0.4, 0.5) is 5.82 Å². The molecule has 0 unspecified atom stereocenters. The number of hydrogen-bond acceptors (Lipinski definition) is 2. The standard InChI is InChI=1S/C17H11Br2Cl2N3O/c18-12-4-2-1-3-11(12)17(25)22-16-13(19)9-24(23-16)8-10-5-6-14(20)15(21)7-10/h1-7,9H,8H2,(H,22,23,25). The maximum absolute atomic E-state index is 12.4. The van der Waals surface area contributed by atoms with Gasteiger partial charge in [0.2, 0.25) is 0 Å². The van der Waals surface area contributed by atoms with Crippen molar-refractivity contribution in [3.05, 3.63) is 78.8 Å². The second-order valence-electron chi connectivity index (χ2n) is 5.21. The van der Waals surface area contributed by atoms with Crippen LogP contribution in [0, 0.1) is 0 Å². The Balaban J connectivity index is 1.77. The van der Waals surface area contributed by atoms with E-state index in [2.05, 4.69) is 42.3 Å². The number of rotatable bonds is 4. The molecule has 0 spiro atoms. The molecule has 0 aliphatic carbocycles. The van der Waals surface area contributed by atoms with Gasteiger partial charge < -0.3 is 5.32 Å². The first kappa shape index (κ1) is 18.5. The average Bonchev–Trinajstić information content (AvgIpc) is 2.90. The van der Waals surface area contributed by atoms with Crippen molar-refractivity contribution < 1.29 is 4.79 Å². The van der Waals surface area contributed by atoms with E-state index in [0.29, 0.717) is 32.4 Å². The number of benzene rings is 2. The Hall–Kier alpha value is -1.34. The lowest BCUT2D eigenvalue weighted by Gasteiger charge is -2.05. The van der Waals surface area contributed by atoms with Gasteiger partial charge in [-0.05, 0) is 61.7 Å². The van der Waals surface area contributed by atoms with Crippen LogP contribution in [-0.4, -0.2) is 15.7 Å². The summed E-state index contributed by atoms with van der Waals surface area (Å²) in [6.45, 7) is 0.500. The van der Waals surface area contributed by atoms with Gasteiger partial charge in [0.15, 0.2) is 5.82 Å². The van der Waals surface area contributed by atoms with E-state index in [1.54, 1.807) is 35.1 Å². The van der Waals surface area contributed by atoms with Crippen LogP contribution in [0.25, 0.3) is 0 Å². The monoisotopic (exact) mass is 501 g/mol. The second kappa shape index (κ2) is 7.91. The smallest absolute Gasteiger partial charge is 0.258 e. The van der Waals surface area contributed by atoms with Crippen molar-refractivity contribution >= 4 is 66.8 Å². The molecule has 0 bridgehead atoms. The van der Waals surface area contributed by atoms with Crippen LogP contribution in [0.15, 0.2) is 57.6 Å². The van der Waals surface area contributed by atoms with E-state index in [1.165, 1.54) is 0 Å². The minimum Gasteiger partial charge on any atom is -0.304 e. The fraction of sp³-hybridized carbons (Fsp3) is 0.0588. The minimum atomic E-state index is -0.243. The van der Waals surface area contributed by atoms with Gasteiger partial charge in [-0.2, -0.15) is 5.10 Å². The highest BCUT2D eigenvalue weighted by Crippen LogP contribution is 2.25. The predicted octanol–water partition coefficient (Wildman–Crippen LogP) is 6.02. The van der Waals surface area contributed by atoms with E-state index in [4.69, 9.17) is 23.2 Å². The van der Waals surface area contributed by atoms with E-state index in [1.807, 2.05) is 18.2 Å². The van der Waals surface area contributed by atoms with Crippen molar-refractivity contribution in [1.29, 1.82) is 0 Å². The van der Waals surface area contributed by atoms with Gasteiger partial charge in [-0.3, -0.25) is 9.48 Å². The van der Waals surface area contributed by atoms with Gasteiger partial charge in [-0.1, -0.05) is 41.4 Å². The second-order valence-corrected chi connectivity index (χ2v) is 7.73. The number of carbonyl (C=O) groups is 1. The van der Waals surface area contributed by atoms with Crippen molar-refractivity contribution in [3.8, 4) is 0 Å². The number of hydrogen-bond donors (Lipinski definition) is 1. The van der Waals surface area contributed by atoms with E-state index >= 15 is 0 Å². The molecule has 3 aromatic rings. The van der Waals surface area contributed by atoms with Crippen LogP contribution in [0.2, 0.25) is 10.0 Å². The Morgan fingerprint density at radius 1 is 1.08 bits per heavy atom. The topological polar surface area (TPSA) is 46.9 Å². The molecule has 0 fully saturated rings. The van der Waals surface area contributed by atoms with E-state index in [9.17, 15) is 4.79 Å². The molecule has 0 radical (unpaired) electrons. The fourth-order valence-corrected chi connectivity index (χ4v) is 3.41. The highest BCUT2D eigenvalue weighted by Gasteiger charge is 2.14. The average molecular weight is 504 g/mol. The number of nitrogens with one attached hydrogen (secondary N) is 1. The largest absolute Gasteiger partial charge is 0.304 e. The van der Waals surface area contributed by atoms with Crippen molar-refractivity contribution in [1.82, 2.24) is 9.78 Å². The van der Waals surface area contributed by atoms with Crippen molar-refractivity contribution in [3.63, 3.8) is 0 Å². The molecule has 1 amide bonds. The zero-order valence-corrected chi connectivity index (χ0v) is 17.3. The van der Waals surface area contributed by atoms with Crippen LogP contribution in [0.3, 0.4) is 0 Å². The molecule has 0 saturated carbocycles. The van der Waals surface area contributed by atoms with Crippen molar-refractivity contribution in [2.45, 2.75) is 6.54 Å². The molecular formula is C17H11Br2Cl2N3O. The summed E-state index contributed by atoms with van der Waals surface area (Å²) in [6.07, 6.45) is 1.79. The SMILES string of the molecule is O=C(Nc1nn(Cc2ccc(Cl)c(Cl)c2)cc1Br)c1ccccc1Br. The molecule has 25 heavy (non-hydrogen) atoms. The van der Waals surface area contributed by atoms with Crippen LogP contribution in [0.5, 0.6) is 0 Å². The molecule has 1 N–H and O–H groups in total. The summed E-state index contributed by atoms with van der Waals surface area (Å²) < 4.78 is 3.12. The number of halogens is 4. The molecule has 0 atom stereocenters. The van der Waals surface area contributed by atoms with Gasteiger partial charge >= 0.3 is 0 Å². The Morgan fingerprint density at radius 3 is 2.56 bits per heavy atom. The molecule has 0 saturated heterocycles. The molecule has 3 rings (SSSR count). The summed E-state index contributed by atoms with van der Waals surface area (Å²) in [5.74, 6) is 0.203. The Morgan fingerprint density at radius 2 is 1.84 bits per heavy atom. The van der Waals surface area contributed by atoms with Gasteiger partial charge in [-0.15, -0.1) is 0 Å².